The van der Waals surface area contributed by atoms with Crippen LogP contribution in [-0.2, 0) is 17.6 Å². The second kappa shape index (κ2) is 16.3. The number of carbonyl (C=O) groups excluding carboxylic acids is 2. The second-order valence-corrected chi connectivity index (χ2v) is 10.7. The Bertz CT molecular complexity index is 1410. The molecule has 3 amide bonds. The first kappa shape index (κ1) is 33.0. The molecule has 45 heavy (non-hydrogen) atoms. The van der Waals surface area contributed by atoms with E-state index in [-0.39, 0.29) is 24.4 Å². The number of nitrogens with zero attached hydrogens (tertiary/aromatic N) is 5. The van der Waals surface area contributed by atoms with Crippen molar-refractivity contribution < 1.29 is 24.2 Å². The average Bonchev–Trinajstić information content (AvgIpc) is 3.59. The number of nitrogens with one attached hydrogen (secondary N) is 2. The fourth-order valence-electron chi connectivity index (χ4n) is 5.17. The maximum absolute atomic E-state index is 13.3. The third-order valence-electron chi connectivity index (χ3n) is 7.73. The zero-order valence-electron chi connectivity index (χ0n) is 26.2. The Morgan fingerprint density at radius 2 is 1.64 bits per heavy atom. The maximum Gasteiger partial charge on any atom is 0.415 e. The molecule has 0 radical (unpaired) electrons. The van der Waals surface area contributed by atoms with Gasteiger partial charge in [-0.2, -0.15) is 4.98 Å². The molecule has 0 aliphatic carbocycles. The van der Waals surface area contributed by atoms with Crippen molar-refractivity contribution in [3.63, 3.8) is 0 Å². The molecule has 1 atom stereocenters. The predicted octanol–water partition coefficient (Wildman–Crippen LogP) is 4.80. The minimum Gasteiger partial charge on any atom is -0.480 e. The van der Waals surface area contributed by atoms with Crippen molar-refractivity contribution in [1.29, 1.82) is 0 Å². The van der Waals surface area contributed by atoms with Gasteiger partial charge in [0.05, 0.1) is 6.20 Å². The molecule has 1 aliphatic heterocycles. The molecule has 3 N–H and O–H groups in total. The number of benzene rings is 2. The molecule has 2 aromatic carbocycles. The van der Waals surface area contributed by atoms with Crippen LogP contribution in [0.1, 0.15) is 44.7 Å². The zero-order valence-corrected chi connectivity index (χ0v) is 26.2. The third-order valence-corrected chi connectivity index (χ3v) is 7.73. The Morgan fingerprint density at radius 3 is 2.27 bits per heavy atom. The van der Waals surface area contributed by atoms with E-state index in [0.717, 1.165) is 24.0 Å². The first-order valence-electron chi connectivity index (χ1n) is 15.6. The van der Waals surface area contributed by atoms with Crippen molar-refractivity contribution in [2.45, 2.75) is 52.5 Å². The van der Waals surface area contributed by atoms with Crippen LogP contribution in [0.4, 0.5) is 27.0 Å². The van der Waals surface area contributed by atoms with Gasteiger partial charge in [0.1, 0.15) is 17.5 Å². The average molecular weight is 618 g/mol. The number of hydrogen-bond donors (Lipinski definition) is 3. The van der Waals surface area contributed by atoms with Crippen LogP contribution in [0.2, 0.25) is 0 Å². The van der Waals surface area contributed by atoms with Crippen molar-refractivity contribution in [1.82, 2.24) is 20.2 Å². The van der Waals surface area contributed by atoms with Crippen LogP contribution in [0, 0.1) is 0 Å². The molecule has 12 nitrogen and oxygen atoms in total. The van der Waals surface area contributed by atoms with Crippen molar-refractivity contribution in [3.05, 3.63) is 71.9 Å². The summed E-state index contributed by atoms with van der Waals surface area (Å²) in [7, 11) is 0. The molecule has 0 saturated carbocycles. The highest BCUT2D eigenvalue weighted by molar-refractivity contribution is 5.95. The first-order chi connectivity index (χ1) is 21.8. The van der Waals surface area contributed by atoms with Crippen LogP contribution in [-0.4, -0.2) is 83.4 Å². The second-order valence-electron chi connectivity index (χ2n) is 10.7. The van der Waals surface area contributed by atoms with Gasteiger partial charge in [0.2, 0.25) is 5.95 Å². The van der Waals surface area contributed by atoms with E-state index in [0.29, 0.717) is 63.1 Å². The minimum atomic E-state index is -1.08. The Morgan fingerprint density at radius 1 is 0.956 bits per heavy atom. The van der Waals surface area contributed by atoms with Crippen molar-refractivity contribution >= 4 is 35.5 Å². The van der Waals surface area contributed by atoms with Crippen LogP contribution in [0.25, 0.3) is 0 Å². The predicted molar refractivity (Wildman–Crippen MR) is 174 cm³/mol. The summed E-state index contributed by atoms with van der Waals surface area (Å²) in [6.07, 6.45) is 3.91. The third kappa shape index (κ3) is 9.07. The lowest BCUT2D eigenvalue weighted by Crippen LogP contribution is -2.42. The zero-order chi connectivity index (χ0) is 32.2. The number of carbonyl (C=O) groups is 3. The van der Waals surface area contributed by atoms with Gasteiger partial charge in [-0.05, 0) is 63.3 Å². The van der Waals surface area contributed by atoms with Crippen LogP contribution in [0.15, 0.2) is 60.8 Å². The number of urea groups is 1. The molecule has 1 aromatic heterocycles. The molecule has 2 heterocycles. The lowest BCUT2D eigenvalue weighted by molar-refractivity contribution is -0.137. The van der Waals surface area contributed by atoms with Gasteiger partial charge < -0.3 is 30.3 Å². The van der Waals surface area contributed by atoms with E-state index in [9.17, 15) is 19.5 Å². The summed E-state index contributed by atoms with van der Waals surface area (Å²) in [6, 6.07) is 15.3. The van der Waals surface area contributed by atoms with E-state index in [1.807, 2.05) is 56.0 Å². The molecule has 1 aliphatic rings. The summed E-state index contributed by atoms with van der Waals surface area (Å²) >= 11 is 0. The van der Waals surface area contributed by atoms with E-state index >= 15 is 0 Å². The number of amides is 3. The molecule has 0 bridgehead atoms. The van der Waals surface area contributed by atoms with Gasteiger partial charge in [-0.1, -0.05) is 42.5 Å². The van der Waals surface area contributed by atoms with Gasteiger partial charge in [-0.25, -0.2) is 19.4 Å². The smallest absolute Gasteiger partial charge is 0.415 e. The number of aliphatic carboxylic acids is 1. The molecule has 240 valence electrons. The van der Waals surface area contributed by atoms with Crippen LogP contribution >= 0.6 is 0 Å². The molecule has 4 rings (SSSR count). The lowest BCUT2D eigenvalue weighted by Gasteiger charge is -2.27. The van der Waals surface area contributed by atoms with Gasteiger partial charge in [0.25, 0.3) is 0 Å². The number of aromatic nitrogens is 2. The van der Waals surface area contributed by atoms with E-state index in [4.69, 9.17) is 9.72 Å². The van der Waals surface area contributed by atoms with E-state index < -0.39 is 12.0 Å². The summed E-state index contributed by atoms with van der Waals surface area (Å²) in [5.74, 6) is -0.00577. The topological polar surface area (TPSA) is 140 Å². The Labute approximate surface area is 264 Å². The summed E-state index contributed by atoms with van der Waals surface area (Å²) < 4.78 is 5.48. The number of likely N-dealkylation sites (tertiary alicyclic amines) is 1. The Kier molecular flexibility index (Phi) is 11.9. The van der Waals surface area contributed by atoms with Crippen molar-refractivity contribution in [3.8, 4) is 5.75 Å². The molecule has 1 fully saturated rings. The van der Waals surface area contributed by atoms with E-state index in [2.05, 4.69) is 15.6 Å². The molecule has 1 saturated heterocycles. The van der Waals surface area contributed by atoms with Gasteiger partial charge in [0.15, 0.2) is 5.82 Å². The molecule has 0 unspecified atom stereocenters. The minimum absolute atomic E-state index is 0.120. The van der Waals surface area contributed by atoms with Crippen molar-refractivity contribution in [2.75, 3.05) is 54.4 Å². The van der Waals surface area contributed by atoms with Gasteiger partial charge in [-0.3, -0.25) is 4.90 Å². The molecule has 0 spiro atoms. The quantitative estimate of drug-likeness (QED) is 0.233. The van der Waals surface area contributed by atoms with Gasteiger partial charge in [-0.15, -0.1) is 0 Å². The highest BCUT2D eigenvalue weighted by Gasteiger charge is 2.26. The Hall–Kier alpha value is -4.87. The lowest BCUT2D eigenvalue weighted by atomic mass is 10.1. The first-order valence-corrected chi connectivity index (χ1v) is 15.6. The van der Waals surface area contributed by atoms with Gasteiger partial charge in [0, 0.05) is 45.7 Å². The SMILES string of the molecule is CCN(CC)c1ncc(N(CC)C(=O)NCCc2ccccc2)c(N[C@@H](Cc2ccc(OC(=O)N3CCCC3)cc2)C(=O)O)n1. The van der Waals surface area contributed by atoms with E-state index in [1.165, 1.54) is 4.90 Å². The number of anilines is 3. The number of ether oxygens (including phenoxy) is 1. The molecule has 12 heteroatoms. The molecular formula is C33H43N7O5. The monoisotopic (exact) mass is 617 g/mol. The summed E-state index contributed by atoms with van der Waals surface area (Å²) in [4.78, 5) is 52.5. The number of carboxylic acids is 1. The highest BCUT2D eigenvalue weighted by Crippen LogP contribution is 2.27. The van der Waals surface area contributed by atoms with Crippen LogP contribution < -0.4 is 25.2 Å². The summed E-state index contributed by atoms with van der Waals surface area (Å²) in [5, 5.41) is 16.2. The number of carboxylic acid groups (broad SMARTS) is 1. The number of hydrogen-bond acceptors (Lipinski definition) is 8. The fourth-order valence-corrected chi connectivity index (χ4v) is 5.17. The highest BCUT2D eigenvalue weighted by atomic mass is 16.6. The number of rotatable bonds is 14. The summed E-state index contributed by atoms with van der Waals surface area (Å²) in [6.45, 7) is 9.25. The standard InChI is InChI=1S/C33H43N7O5/c1-4-38(5-2)31-35-23-28(40(6-3)32(43)34-19-18-24-12-8-7-9-13-24)29(37-31)36-27(30(41)42)22-25-14-16-26(17-15-25)45-33(44)39-20-10-11-21-39/h7-9,12-17,23,27H,4-6,10-11,18-22H2,1-3H3,(H,34,43)(H,41,42)(H,35,36,37)/t27-/m0/s1. The van der Waals surface area contributed by atoms with Crippen molar-refractivity contribution in [2.24, 2.45) is 0 Å². The normalized spacial score (nSPS) is 13.2. The molecular weight excluding hydrogens is 574 g/mol. The maximum atomic E-state index is 13.3. The van der Waals surface area contributed by atoms with E-state index in [1.54, 1.807) is 35.4 Å². The van der Waals surface area contributed by atoms with Crippen LogP contribution in [0.3, 0.4) is 0 Å². The molecule has 3 aromatic rings. The Balaban J connectivity index is 1.51. The fraction of sp³-hybridized carbons (Fsp3) is 0.424. The van der Waals surface area contributed by atoms with Gasteiger partial charge >= 0.3 is 18.1 Å². The largest absolute Gasteiger partial charge is 0.480 e. The summed E-state index contributed by atoms with van der Waals surface area (Å²) in [5.41, 5.74) is 2.21. The van der Waals surface area contributed by atoms with Crippen LogP contribution in [0.5, 0.6) is 5.75 Å².